The molecule has 0 aromatic heterocycles. The van der Waals surface area contributed by atoms with E-state index in [1.54, 1.807) is 0 Å². The second kappa shape index (κ2) is 4.94. The summed E-state index contributed by atoms with van der Waals surface area (Å²) in [6.07, 6.45) is -3.83. The smallest absolute Gasteiger partial charge is 0.288 e. The molecule has 0 saturated heterocycles. The Morgan fingerprint density at radius 1 is 1.40 bits per heavy atom. The zero-order chi connectivity index (χ0) is 15.1. The third kappa shape index (κ3) is 2.38. The van der Waals surface area contributed by atoms with Crippen LogP contribution in [0, 0.1) is 0 Å². The van der Waals surface area contributed by atoms with E-state index < -0.39 is 28.6 Å². The molecule has 1 atom stereocenters. The Morgan fingerprint density at radius 2 is 1.95 bits per heavy atom. The van der Waals surface area contributed by atoms with Gasteiger partial charge in [0.05, 0.1) is 4.90 Å². The fourth-order valence-corrected chi connectivity index (χ4v) is 3.46. The van der Waals surface area contributed by atoms with E-state index in [0.717, 1.165) is 12.1 Å². The normalized spacial score (nSPS) is 23.3. The number of hydrogen-bond donors (Lipinski definition) is 1. The maximum absolute atomic E-state index is 13.0. The van der Waals surface area contributed by atoms with Gasteiger partial charge >= 0.3 is 0 Å². The molecule has 1 aromatic carbocycles. The van der Waals surface area contributed by atoms with Gasteiger partial charge in [0.15, 0.2) is 0 Å². The summed E-state index contributed by atoms with van der Waals surface area (Å²) in [5, 5.41) is 13.7. The van der Waals surface area contributed by atoms with Crippen LogP contribution in [-0.2, 0) is 10.0 Å². The van der Waals surface area contributed by atoms with Gasteiger partial charge in [-0.1, -0.05) is 11.6 Å². The van der Waals surface area contributed by atoms with Gasteiger partial charge in [0.1, 0.15) is 0 Å². The van der Waals surface area contributed by atoms with Crippen LogP contribution in [0.4, 0.5) is 8.78 Å². The Labute approximate surface area is 119 Å². The molecule has 1 aliphatic rings. The Kier molecular flexibility index (Phi) is 3.74. The molecular formula is C11H11ClF2N2O3S. The van der Waals surface area contributed by atoms with Crippen LogP contribution in [0.1, 0.15) is 13.3 Å². The molecule has 1 aliphatic heterocycles. The molecule has 0 fully saturated rings. The number of hydrogen-bond acceptors (Lipinski definition) is 4. The highest BCUT2D eigenvalue weighted by Gasteiger charge is 2.53. The molecule has 1 aromatic rings. The molecule has 20 heavy (non-hydrogen) atoms. The minimum absolute atomic E-state index is 0.0727. The molecule has 1 unspecified atom stereocenters. The Hall–Kier alpha value is -1.25. The van der Waals surface area contributed by atoms with Crippen LogP contribution in [0.3, 0.4) is 0 Å². The molecule has 5 nitrogen and oxygen atoms in total. The van der Waals surface area contributed by atoms with Gasteiger partial charge in [-0.05, 0) is 31.2 Å². The highest BCUT2D eigenvalue weighted by atomic mass is 35.5. The maximum Gasteiger partial charge on any atom is 0.288 e. The van der Waals surface area contributed by atoms with E-state index in [1.165, 1.54) is 19.1 Å². The number of hydrazone groups is 1. The Bertz CT molecular complexity index is 648. The van der Waals surface area contributed by atoms with E-state index in [9.17, 15) is 22.3 Å². The van der Waals surface area contributed by atoms with Crippen molar-refractivity contribution >= 4 is 27.3 Å². The molecule has 2 rings (SSSR count). The topological polar surface area (TPSA) is 70.0 Å². The van der Waals surface area contributed by atoms with Crippen molar-refractivity contribution in [3.05, 3.63) is 29.3 Å². The van der Waals surface area contributed by atoms with Crippen LogP contribution in [0.2, 0.25) is 5.02 Å². The number of aliphatic hydroxyl groups is 1. The fraction of sp³-hybridized carbons (Fsp3) is 0.364. The molecular weight excluding hydrogens is 314 g/mol. The van der Waals surface area contributed by atoms with Crippen molar-refractivity contribution in [2.45, 2.75) is 30.4 Å². The van der Waals surface area contributed by atoms with Gasteiger partial charge in [0, 0.05) is 17.2 Å². The van der Waals surface area contributed by atoms with Crippen molar-refractivity contribution in [3.8, 4) is 0 Å². The SMILES string of the molecule is CC1=NN(S(=O)(=O)c2ccc(Cl)cc2)C(O)(C(F)F)C1. The van der Waals surface area contributed by atoms with E-state index in [-0.39, 0.29) is 15.0 Å². The van der Waals surface area contributed by atoms with E-state index >= 15 is 0 Å². The molecule has 0 aliphatic carbocycles. The summed E-state index contributed by atoms with van der Waals surface area (Å²) in [6.45, 7) is 1.37. The number of sulfonamides is 1. The van der Waals surface area contributed by atoms with Crippen LogP contribution < -0.4 is 0 Å². The highest BCUT2D eigenvalue weighted by molar-refractivity contribution is 7.89. The van der Waals surface area contributed by atoms with Crippen LogP contribution in [0.5, 0.6) is 0 Å². The van der Waals surface area contributed by atoms with Gasteiger partial charge in [-0.2, -0.15) is 13.5 Å². The van der Waals surface area contributed by atoms with Gasteiger partial charge in [0.2, 0.25) is 5.72 Å². The van der Waals surface area contributed by atoms with Crippen LogP contribution in [0.15, 0.2) is 34.3 Å². The van der Waals surface area contributed by atoms with E-state index in [2.05, 4.69) is 5.10 Å². The molecule has 110 valence electrons. The lowest BCUT2D eigenvalue weighted by Gasteiger charge is -2.30. The zero-order valence-electron chi connectivity index (χ0n) is 10.3. The minimum atomic E-state index is -4.38. The third-order valence-corrected chi connectivity index (χ3v) is 4.77. The summed E-state index contributed by atoms with van der Waals surface area (Å²) in [7, 11) is -4.38. The summed E-state index contributed by atoms with van der Waals surface area (Å²) in [4.78, 5) is -0.278. The predicted octanol–water partition coefficient (Wildman–Crippen LogP) is 2.06. The molecule has 9 heteroatoms. The van der Waals surface area contributed by atoms with E-state index in [1.807, 2.05) is 0 Å². The Morgan fingerprint density at radius 3 is 2.45 bits per heavy atom. The number of benzene rings is 1. The fourth-order valence-electron chi connectivity index (χ4n) is 1.85. The lowest BCUT2D eigenvalue weighted by Crippen LogP contribution is -2.51. The molecule has 1 heterocycles. The van der Waals surface area contributed by atoms with Crippen LogP contribution in [-0.4, -0.2) is 35.8 Å². The van der Waals surface area contributed by atoms with Crippen molar-refractivity contribution < 1.29 is 22.3 Å². The molecule has 1 N–H and O–H groups in total. The maximum atomic E-state index is 13.0. The predicted molar refractivity (Wildman–Crippen MR) is 69.2 cm³/mol. The van der Waals surface area contributed by atoms with Gasteiger partial charge in [-0.3, -0.25) is 0 Å². The van der Waals surface area contributed by atoms with Gasteiger partial charge < -0.3 is 5.11 Å². The summed E-state index contributed by atoms with van der Waals surface area (Å²) in [5.41, 5.74) is -2.76. The van der Waals surface area contributed by atoms with E-state index in [4.69, 9.17) is 11.6 Å². The average molecular weight is 325 g/mol. The molecule has 0 saturated carbocycles. The first-order valence-electron chi connectivity index (χ1n) is 5.53. The summed E-state index contributed by atoms with van der Waals surface area (Å²) in [5.74, 6) is 0. The lowest BCUT2D eigenvalue weighted by atomic mass is 10.1. The number of nitrogens with zero attached hydrogens (tertiary/aromatic N) is 2. The lowest BCUT2D eigenvalue weighted by molar-refractivity contribution is -0.150. The van der Waals surface area contributed by atoms with E-state index in [0.29, 0.717) is 5.02 Å². The number of rotatable bonds is 3. The second-order valence-electron chi connectivity index (χ2n) is 4.39. The highest BCUT2D eigenvalue weighted by Crippen LogP contribution is 2.36. The minimum Gasteiger partial charge on any atom is -0.364 e. The van der Waals surface area contributed by atoms with Crippen LogP contribution >= 0.6 is 11.6 Å². The van der Waals surface area contributed by atoms with Gasteiger partial charge in [0.25, 0.3) is 16.4 Å². The van der Waals surface area contributed by atoms with Crippen molar-refractivity contribution in [2.75, 3.05) is 0 Å². The van der Waals surface area contributed by atoms with Gasteiger partial charge in [-0.25, -0.2) is 8.78 Å². The summed E-state index contributed by atoms with van der Waals surface area (Å²) >= 11 is 5.65. The number of halogens is 3. The van der Waals surface area contributed by atoms with Crippen molar-refractivity contribution in [1.29, 1.82) is 0 Å². The molecule has 0 spiro atoms. The summed E-state index contributed by atoms with van der Waals surface area (Å²) in [6, 6.07) is 4.93. The average Bonchev–Trinajstić information content (AvgIpc) is 2.67. The molecule has 0 amide bonds. The zero-order valence-corrected chi connectivity index (χ0v) is 11.9. The van der Waals surface area contributed by atoms with Crippen molar-refractivity contribution in [3.63, 3.8) is 0 Å². The Balaban J connectivity index is 2.50. The van der Waals surface area contributed by atoms with Crippen molar-refractivity contribution in [1.82, 2.24) is 4.41 Å². The molecule has 0 radical (unpaired) electrons. The van der Waals surface area contributed by atoms with Crippen LogP contribution in [0.25, 0.3) is 0 Å². The quantitative estimate of drug-likeness (QED) is 0.925. The first-order chi connectivity index (χ1) is 9.18. The van der Waals surface area contributed by atoms with Crippen molar-refractivity contribution in [2.24, 2.45) is 5.10 Å². The second-order valence-corrected chi connectivity index (χ2v) is 6.60. The largest absolute Gasteiger partial charge is 0.364 e. The number of alkyl halides is 2. The van der Waals surface area contributed by atoms with Gasteiger partial charge in [-0.15, -0.1) is 4.41 Å². The first-order valence-corrected chi connectivity index (χ1v) is 7.35. The monoisotopic (exact) mass is 324 g/mol. The first kappa shape index (κ1) is 15.1. The standard InChI is InChI=1S/C11H11ClF2N2O3S/c1-7-6-11(17,10(13)14)16(15-7)20(18,19)9-4-2-8(12)3-5-9/h2-5,10,17H,6H2,1H3. The third-order valence-electron chi connectivity index (χ3n) is 2.80. The molecule has 0 bridgehead atoms. The summed E-state index contributed by atoms with van der Waals surface area (Å²) < 4.78 is 50.7.